The monoisotopic (exact) mass is 350 g/mol. The van der Waals surface area contributed by atoms with Crippen LogP contribution in [0.2, 0.25) is 0 Å². The number of nitrogens with zero attached hydrogens (tertiary/aromatic N) is 1. The van der Waals surface area contributed by atoms with Crippen molar-refractivity contribution in [1.29, 1.82) is 0 Å². The van der Waals surface area contributed by atoms with Crippen LogP contribution in [0.4, 0.5) is 0 Å². The maximum atomic E-state index is 12.9. The highest BCUT2D eigenvalue weighted by atomic mass is 16.5. The molecule has 1 heterocycles. The van der Waals surface area contributed by atoms with E-state index >= 15 is 0 Å². The molecule has 1 saturated heterocycles. The van der Waals surface area contributed by atoms with Crippen LogP contribution in [0.5, 0.6) is 0 Å². The number of hydrogen-bond donors (Lipinski definition) is 1. The smallest absolute Gasteiger partial charge is 0.226 e. The Labute approximate surface area is 152 Å². The SMILES string of the molecule is COCCCNC(=O)C1CCN(C(=O)C2C(C=C(C)C)C2(C)C)CC1. The first-order chi connectivity index (χ1) is 11.8. The zero-order valence-electron chi connectivity index (χ0n) is 16.4. The fourth-order valence-corrected chi connectivity index (χ4v) is 3.95. The van der Waals surface area contributed by atoms with Crippen molar-refractivity contribution in [2.75, 3.05) is 33.4 Å². The van der Waals surface area contributed by atoms with Crippen LogP contribution in [0.3, 0.4) is 0 Å². The Bertz CT molecular complexity index is 515. The minimum absolute atomic E-state index is 0.0346. The van der Waals surface area contributed by atoms with Crippen LogP contribution >= 0.6 is 0 Å². The number of amides is 2. The second kappa shape index (κ2) is 8.35. The molecular weight excluding hydrogens is 316 g/mol. The highest BCUT2D eigenvalue weighted by Crippen LogP contribution is 2.60. The van der Waals surface area contributed by atoms with Gasteiger partial charge in [0.25, 0.3) is 0 Å². The van der Waals surface area contributed by atoms with Crippen LogP contribution in [0.15, 0.2) is 11.6 Å². The summed E-state index contributed by atoms with van der Waals surface area (Å²) in [5, 5.41) is 2.98. The number of carbonyl (C=O) groups is 2. The van der Waals surface area contributed by atoms with Gasteiger partial charge < -0.3 is 15.0 Å². The zero-order valence-corrected chi connectivity index (χ0v) is 16.4. The topological polar surface area (TPSA) is 58.6 Å². The fraction of sp³-hybridized carbons (Fsp3) is 0.800. The Kier molecular flexibility index (Phi) is 6.66. The quantitative estimate of drug-likeness (QED) is 0.567. The normalized spacial score (nSPS) is 25.4. The van der Waals surface area contributed by atoms with Gasteiger partial charge in [-0.3, -0.25) is 9.59 Å². The highest BCUT2D eigenvalue weighted by Gasteiger charge is 2.61. The van der Waals surface area contributed by atoms with Gasteiger partial charge in [0.15, 0.2) is 0 Å². The van der Waals surface area contributed by atoms with Crippen LogP contribution in [-0.4, -0.2) is 50.1 Å². The summed E-state index contributed by atoms with van der Waals surface area (Å²) in [5.41, 5.74) is 1.33. The first-order valence-corrected chi connectivity index (χ1v) is 9.49. The number of carbonyl (C=O) groups excluding carboxylic acids is 2. The molecule has 142 valence electrons. The number of methoxy groups -OCH3 is 1. The highest BCUT2D eigenvalue weighted by molar-refractivity contribution is 5.84. The summed E-state index contributed by atoms with van der Waals surface area (Å²) in [6, 6.07) is 0. The Morgan fingerprint density at radius 3 is 2.44 bits per heavy atom. The van der Waals surface area contributed by atoms with Crippen molar-refractivity contribution in [2.24, 2.45) is 23.2 Å². The van der Waals surface area contributed by atoms with E-state index in [0.29, 0.717) is 32.2 Å². The van der Waals surface area contributed by atoms with Crippen molar-refractivity contribution in [3.05, 3.63) is 11.6 Å². The van der Waals surface area contributed by atoms with E-state index in [0.717, 1.165) is 19.3 Å². The first-order valence-electron chi connectivity index (χ1n) is 9.49. The third kappa shape index (κ3) is 4.84. The van der Waals surface area contributed by atoms with E-state index in [1.54, 1.807) is 7.11 Å². The largest absolute Gasteiger partial charge is 0.385 e. The lowest BCUT2D eigenvalue weighted by molar-refractivity contribution is -0.137. The molecule has 2 unspecified atom stereocenters. The maximum Gasteiger partial charge on any atom is 0.226 e. The lowest BCUT2D eigenvalue weighted by atomic mass is 9.95. The predicted octanol–water partition coefficient (Wildman–Crippen LogP) is 2.62. The average Bonchev–Trinajstić information content (AvgIpc) is 3.10. The third-order valence-corrected chi connectivity index (χ3v) is 5.69. The van der Waals surface area contributed by atoms with Gasteiger partial charge in [0, 0.05) is 39.3 Å². The van der Waals surface area contributed by atoms with Crippen molar-refractivity contribution >= 4 is 11.8 Å². The van der Waals surface area contributed by atoms with Gasteiger partial charge in [0.1, 0.15) is 0 Å². The molecule has 0 spiro atoms. The number of ether oxygens (including phenoxy) is 1. The van der Waals surface area contributed by atoms with Gasteiger partial charge in [-0.1, -0.05) is 25.5 Å². The molecule has 1 N–H and O–H groups in total. The molecule has 2 rings (SSSR count). The molecule has 5 heteroatoms. The summed E-state index contributed by atoms with van der Waals surface area (Å²) in [4.78, 5) is 27.0. The van der Waals surface area contributed by atoms with E-state index < -0.39 is 0 Å². The number of rotatable bonds is 7. The summed E-state index contributed by atoms with van der Waals surface area (Å²) in [7, 11) is 1.66. The second-order valence-corrected chi connectivity index (χ2v) is 8.31. The van der Waals surface area contributed by atoms with E-state index in [1.807, 2.05) is 4.90 Å². The lowest BCUT2D eigenvalue weighted by Crippen LogP contribution is -2.44. The molecule has 2 aliphatic rings. The van der Waals surface area contributed by atoms with Crippen molar-refractivity contribution in [2.45, 2.75) is 47.0 Å². The molecule has 1 saturated carbocycles. The van der Waals surface area contributed by atoms with E-state index in [4.69, 9.17) is 4.74 Å². The zero-order chi connectivity index (χ0) is 18.6. The molecule has 0 aromatic heterocycles. The van der Waals surface area contributed by atoms with Crippen LogP contribution in [0, 0.1) is 23.2 Å². The van der Waals surface area contributed by atoms with Crippen LogP contribution in [0.1, 0.15) is 47.0 Å². The van der Waals surface area contributed by atoms with E-state index in [1.165, 1.54) is 5.57 Å². The number of allylic oxidation sites excluding steroid dienone is 2. The molecular formula is C20H34N2O3. The standard InChI is InChI=1S/C20H34N2O3/c1-14(2)13-16-17(20(16,3)4)19(24)22-10-7-15(8-11-22)18(23)21-9-6-12-25-5/h13,15-17H,6-12H2,1-5H3,(H,21,23). The Hall–Kier alpha value is -1.36. The Balaban J connectivity index is 1.79. The number of hydrogen-bond acceptors (Lipinski definition) is 3. The van der Waals surface area contributed by atoms with Gasteiger partial charge in [0.05, 0.1) is 5.92 Å². The Morgan fingerprint density at radius 2 is 1.88 bits per heavy atom. The van der Waals surface area contributed by atoms with E-state index in [-0.39, 0.29) is 29.1 Å². The number of likely N-dealkylation sites (tertiary alicyclic amines) is 1. The average molecular weight is 351 g/mol. The minimum atomic E-state index is 0.0346. The number of piperidine rings is 1. The molecule has 0 bridgehead atoms. The van der Waals surface area contributed by atoms with Crippen LogP contribution in [-0.2, 0) is 14.3 Å². The summed E-state index contributed by atoms with van der Waals surface area (Å²) in [6.45, 7) is 11.3. The summed E-state index contributed by atoms with van der Waals surface area (Å²) < 4.78 is 4.99. The molecule has 1 aliphatic heterocycles. The van der Waals surface area contributed by atoms with Gasteiger partial charge in [0.2, 0.25) is 11.8 Å². The molecule has 2 atom stereocenters. The third-order valence-electron chi connectivity index (χ3n) is 5.69. The predicted molar refractivity (Wildman–Crippen MR) is 99.0 cm³/mol. The molecule has 5 nitrogen and oxygen atoms in total. The summed E-state index contributed by atoms with van der Waals surface area (Å²) >= 11 is 0. The maximum absolute atomic E-state index is 12.9. The van der Waals surface area contributed by atoms with Crippen molar-refractivity contribution < 1.29 is 14.3 Å². The van der Waals surface area contributed by atoms with Gasteiger partial charge in [-0.2, -0.15) is 0 Å². The first kappa shape index (κ1) is 20.0. The summed E-state index contributed by atoms with van der Waals surface area (Å²) in [6.07, 6.45) is 4.61. The molecule has 0 aromatic rings. The molecule has 25 heavy (non-hydrogen) atoms. The van der Waals surface area contributed by atoms with Gasteiger partial charge in [-0.25, -0.2) is 0 Å². The van der Waals surface area contributed by atoms with Gasteiger partial charge in [-0.05, 0) is 44.4 Å². The molecule has 2 amide bonds. The van der Waals surface area contributed by atoms with Crippen LogP contribution in [0.25, 0.3) is 0 Å². The molecule has 2 fully saturated rings. The number of nitrogens with one attached hydrogen (secondary N) is 1. The molecule has 0 aromatic carbocycles. The fourth-order valence-electron chi connectivity index (χ4n) is 3.95. The van der Waals surface area contributed by atoms with Crippen LogP contribution < -0.4 is 5.32 Å². The summed E-state index contributed by atoms with van der Waals surface area (Å²) in [5.74, 6) is 0.879. The van der Waals surface area contributed by atoms with Gasteiger partial charge in [-0.15, -0.1) is 0 Å². The second-order valence-electron chi connectivity index (χ2n) is 8.31. The lowest BCUT2D eigenvalue weighted by Gasteiger charge is -2.32. The minimum Gasteiger partial charge on any atom is -0.385 e. The molecule has 0 radical (unpaired) electrons. The molecule has 1 aliphatic carbocycles. The van der Waals surface area contributed by atoms with Crippen molar-refractivity contribution in [3.8, 4) is 0 Å². The van der Waals surface area contributed by atoms with Crippen molar-refractivity contribution in [3.63, 3.8) is 0 Å². The Morgan fingerprint density at radius 1 is 1.24 bits per heavy atom. The van der Waals surface area contributed by atoms with E-state index in [9.17, 15) is 9.59 Å². The van der Waals surface area contributed by atoms with Crippen molar-refractivity contribution in [1.82, 2.24) is 10.2 Å². The van der Waals surface area contributed by atoms with Gasteiger partial charge >= 0.3 is 0 Å². The van der Waals surface area contributed by atoms with E-state index in [2.05, 4.69) is 39.1 Å².